The fourth-order valence-electron chi connectivity index (χ4n) is 4.00. The van der Waals surface area contributed by atoms with Gasteiger partial charge in [0.25, 0.3) is 5.91 Å². The number of ether oxygens (including phenoxy) is 1. The first kappa shape index (κ1) is 23.3. The van der Waals surface area contributed by atoms with Gasteiger partial charge in [0.1, 0.15) is 5.75 Å². The number of nitrogens with zero attached hydrogens (tertiary/aromatic N) is 1. The van der Waals surface area contributed by atoms with Crippen LogP contribution in [0.1, 0.15) is 38.3 Å². The minimum atomic E-state index is -3.54. The first-order chi connectivity index (χ1) is 14.6. The molecular formula is C24H32N2O4S. The van der Waals surface area contributed by atoms with E-state index in [0.29, 0.717) is 36.4 Å². The van der Waals surface area contributed by atoms with Crippen LogP contribution in [0.15, 0.2) is 47.4 Å². The molecule has 1 saturated heterocycles. The third kappa shape index (κ3) is 5.46. The summed E-state index contributed by atoms with van der Waals surface area (Å²) in [4.78, 5) is 12.8. The van der Waals surface area contributed by atoms with Gasteiger partial charge in [-0.2, -0.15) is 4.31 Å². The van der Waals surface area contributed by atoms with E-state index in [9.17, 15) is 13.2 Å². The van der Waals surface area contributed by atoms with E-state index in [0.717, 1.165) is 17.5 Å². The Labute approximate surface area is 185 Å². The Kier molecular flexibility index (Phi) is 7.06. The number of carbonyl (C=O) groups excluding carboxylic acids is 1. The highest BCUT2D eigenvalue weighted by Crippen LogP contribution is 2.27. The van der Waals surface area contributed by atoms with E-state index < -0.39 is 16.1 Å². The highest BCUT2D eigenvalue weighted by molar-refractivity contribution is 7.89. The number of piperidine rings is 1. The summed E-state index contributed by atoms with van der Waals surface area (Å²) in [5.41, 5.74) is 2.62. The topological polar surface area (TPSA) is 75.7 Å². The third-order valence-electron chi connectivity index (χ3n) is 5.82. The number of benzene rings is 2. The van der Waals surface area contributed by atoms with Crippen molar-refractivity contribution in [2.75, 3.05) is 18.4 Å². The van der Waals surface area contributed by atoms with Crippen molar-refractivity contribution >= 4 is 21.6 Å². The molecule has 168 valence electrons. The van der Waals surface area contributed by atoms with Crippen LogP contribution in [-0.4, -0.2) is 37.8 Å². The van der Waals surface area contributed by atoms with E-state index in [1.807, 2.05) is 32.0 Å². The first-order valence-corrected chi connectivity index (χ1v) is 12.2. The summed E-state index contributed by atoms with van der Waals surface area (Å²) in [5, 5.41) is 2.80. The van der Waals surface area contributed by atoms with Crippen LogP contribution in [0.3, 0.4) is 0 Å². The largest absolute Gasteiger partial charge is 0.481 e. The molecule has 0 spiro atoms. The van der Waals surface area contributed by atoms with Crippen molar-refractivity contribution in [3.63, 3.8) is 0 Å². The summed E-state index contributed by atoms with van der Waals surface area (Å²) >= 11 is 0. The molecule has 2 aromatic rings. The zero-order valence-electron chi connectivity index (χ0n) is 18.9. The quantitative estimate of drug-likeness (QED) is 0.718. The molecule has 0 unspecified atom stereocenters. The highest BCUT2D eigenvalue weighted by atomic mass is 32.2. The molecule has 3 atom stereocenters. The molecule has 0 saturated carbocycles. The average Bonchev–Trinajstić information content (AvgIpc) is 2.71. The van der Waals surface area contributed by atoms with Crippen molar-refractivity contribution in [1.82, 2.24) is 4.31 Å². The number of nitrogens with one attached hydrogen (secondary N) is 1. The van der Waals surface area contributed by atoms with Crippen LogP contribution in [0.25, 0.3) is 0 Å². The van der Waals surface area contributed by atoms with Crippen LogP contribution in [0.4, 0.5) is 5.69 Å². The number of hydrogen-bond acceptors (Lipinski definition) is 4. The summed E-state index contributed by atoms with van der Waals surface area (Å²) in [6.07, 6.45) is 0.347. The number of rotatable bonds is 6. The predicted octanol–water partition coefficient (Wildman–Crippen LogP) is 4.38. The monoisotopic (exact) mass is 444 g/mol. The van der Waals surface area contributed by atoms with Crippen LogP contribution in [0, 0.1) is 25.7 Å². The lowest BCUT2D eigenvalue weighted by molar-refractivity contribution is -0.122. The van der Waals surface area contributed by atoms with Crippen LogP contribution >= 0.6 is 0 Å². The zero-order valence-corrected chi connectivity index (χ0v) is 19.7. The number of carbonyl (C=O) groups is 1. The highest BCUT2D eigenvalue weighted by Gasteiger charge is 2.31. The average molecular weight is 445 g/mol. The second-order valence-corrected chi connectivity index (χ2v) is 10.7. The van der Waals surface area contributed by atoms with Crippen LogP contribution in [0.5, 0.6) is 5.75 Å². The third-order valence-corrected chi connectivity index (χ3v) is 7.67. The van der Waals surface area contributed by atoms with Crippen LogP contribution in [0.2, 0.25) is 0 Å². The van der Waals surface area contributed by atoms with Gasteiger partial charge in [0, 0.05) is 18.8 Å². The fraction of sp³-hybridized carbons (Fsp3) is 0.458. The van der Waals surface area contributed by atoms with Gasteiger partial charge in [-0.05, 0) is 80.5 Å². The van der Waals surface area contributed by atoms with Gasteiger partial charge < -0.3 is 10.1 Å². The molecule has 1 aliphatic heterocycles. The maximum absolute atomic E-state index is 13.0. The summed E-state index contributed by atoms with van der Waals surface area (Å²) in [6, 6.07) is 12.1. The summed E-state index contributed by atoms with van der Waals surface area (Å²) in [6.45, 7) is 10.9. The van der Waals surface area contributed by atoms with Gasteiger partial charge in [-0.25, -0.2) is 8.42 Å². The molecule has 0 radical (unpaired) electrons. The smallest absolute Gasteiger partial charge is 0.265 e. The lowest BCUT2D eigenvalue weighted by Crippen LogP contribution is -2.42. The van der Waals surface area contributed by atoms with E-state index in [1.54, 1.807) is 35.5 Å². The van der Waals surface area contributed by atoms with Crippen molar-refractivity contribution in [3.05, 3.63) is 53.6 Å². The number of amides is 1. The zero-order chi connectivity index (χ0) is 22.8. The number of sulfonamides is 1. The number of anilines is 1. The molecule has 1 N–H and O–H groups in total. The molecule has 1 fully saturated rings. The van der Waals surface area contributed by atoms with Gasteiger partial charge in [0.05, 0.1) is 4.90 Å². The molecule has 1 amide bonds. The summed E-state index contributed by atoms with van der Waals surface area (Å²) in [5.74, 6) is 1.07. The molecule has 3 rings (SSSR count). The fourth-order valence-corrected chi connectivity index (χ4v) is 5.68. The van der Waals surface area contributed by atoms with Gasteiger partial charge in [-0.3, -0.25) is 4.79 Å². The Hall–Kier alpha value is -2.38. The van der Waals surface area contributed by atoms with Gasteiger partial charge in [0.15, 0.2) is 6.10 Å². The minimum Gasteiger partial charge on any atom is -0.481 e. The number of hydrogen-bond donors (Lipinski definition) is 1. The van der Waals surface area contributed by atoms with E-state index >= 15 is 0 Å². The van der Waals surface area contributed by atoms with E-state index in [2.05, 4.69) is 19.2 Å². The molecule has 0 aliphatic carbocycles. The Morgan fingerprint density at radius 2 is 1.68 bits per heavy atom. The Morgan fingerprint density at radius 3 is 2.29 bits per heavy atom. The van der Waals surface area contributed by atoms with Gasteiger partial charge in [0.2, 0.25) is 10.0 Å². The Bertz CT molecular complexity index is 1020. The summed E-state index contributed by atoms with van der Waals surface area (Å²) in [7, 11) is -3.54. The predicted molar refractivity (Wildman–Crippen MR) is 123 cm³/mol. The van der Waals surface area contributed by atoms with Crippen molar-refractivity contribution in [2.24, 2.45) is 11.8 Å². The van der Waals surface area contributed by atoms with Crippen LogP contribution in [-0.2, 0) is 14.8 Å². The summed E-state index contributed by atoms with van der Waals surface area (Å²) < 4.78 is 33.4. The molecule has 6 nitrogen and oxygen atoms in total. The van der Waals surface area contributed by atoms with Crippen molar-refractivity contribution < 1.29 is 17.9 Å². The van der Waals surface area contributed by atoms with Crippen molar-refractivity contribution in [1.29, 1.82) is 0 Å². The Balaban J connectivity index is 1.66. The molecule has 1 aliphatic rings. The molecule has 0 bridgehead atoms. The molecule has 1 heterocycles. The van der Waals surface area contributed by atoms with E-state index in [1.165, 1.54) is 0 Å². The SMILES string of the molecule is Cc1cccc(O[C@@H](C)C(=O)Nc2ccc(S(=O)(=O)N3C[C@@H](C)C[C@H](C)C3)cc2)c1C. The van der Waals surface area contributed by atoms with E-state index in [4.69, 9.17) is 4.74 Å². The lowest BCUT2D eigenvalue weighted by Gasteiger charge is -2.34. The van der Waals surface area contributed by atoms with Crippen molar-refractivity contribution in [2.45, 2.75) is 52.0 Å². The molecular weight excluding hydrogens is 412 g/mol. The van der Waals surface area contributed by atoms with Gasteiger partial charge >= 0.3 is 0 Å². The maximum Gasteiger partial charge on any atom is 0.265 e. The van der Waals surface area contributed by atoms with Gasteiger partial charge in [-0.1, -0.05) is 26.0 Å². The molecule has 0 aromatic heterocycles. The molecule has 31 heavy (non-hydrogen) atoms. The molecule has 7 heteroatoms. The lowest BCUT2D eigenvalue weighted by atomic mass is 9.94. The van der Waals surface area contributed by atoms with Crippen LogP contribution < -0.4 is 10.1 Å². The van der Waals surface area contributed by atoms with E-state index in [-0.39, 0.29) is 10.8 Å². The maximum atomic E-state index is 13.0. The standard InChI is InChI=1S/C24H32N2O4S/c1-16-13-17(2)15-26(14-16)31(28,29)22-11-9-21(10-12-22)25-24(27)20(5)30-23-8-6-7-18(3)19(23)4/h6-12,16-17,20H,13-15H2,1-5H3,(H,25,27)/t16-,17-,20-/m0/s1. The first-order valence-electron chi connectivity index (χ1n) is 10.7. The van der Waals surface area contributed by atoms with Crippen molar-refractivity contribution in [3.8, 4) is 5.75 Å². The minimum absolute atomic E-state index is 0.242. The second-order valence-electron chi connectivity index (χ2n) is 8.74. The normalized spacial score (nSPS) is 20.8. The number of aryl methyl sites for hydroxylation is 1. The molecule has 2 aromatic carbocycles. The Morgan fingerprint density at radius 1 is 1.06 bits per heavy atom. The van der Waals surface area contributed by atoms with Gasteiger partial charge in [-0.15, -0.1) is 0 Å². The second kappa shape index (κ2) is 9.40.